The fourth-order valence-electron chi connectivity index (χ4n) is 2.70. The van der Waals surface area contributed by atoms with Crippen molar-refractivity contribution in [2.75, 3.05) is 39.4 Å². The van der Waals surface area contributed by atoms with E-state index < -0.39 is 0 Å². The second-order valence-corrected chi connectivity index (χ2v) is 5.22. The number of nitrogens with zero attached hydrogens (tertiary/aromatic N) is 1. The molecule has 1 aliphatic rings. The van der Waals surface area contributed by atoms with Crippen LogP contribution in [0.5, 0.6) is 0 Å². The van der Waals surface area contributed by atoms with Gasteiger partial charge in [-0.1, -0.05) is 6.92 Å². The Labute approximate surface area is 118 Å². The lowest BCUT2D eigenvalue weighted by atomic mass is 10.1. The molecule has 0 radical (unpaired) electrons. The fraction of sp³-hybridized carbons (Fsp3) is 1.00. The van der Waals surface area contributed by atoms with Crippen molar-refractivity contribution in [1.82, 2.24) is 10.2 Å². The van der Waals surface area contributed by atoms with Gasteiger partial charge in [-0.25, -0.2) is 0 Å². The Morgan fingerprint density at radius 1 is 1.11 bits per heavy atom. The van der Waals surface area contributed by atoms with Crippen molar-refractivity contribution in [2.45, 2.75) is 58.8 Å². The molecule has 1 rings (SSSR count). The van der Waals surface area contributed by atoms with Crippen LogP contribution in [0, 0.1) is 0 Å². The van der Waals surface area contributed by atoms with Gasteiger partial charge < -0.3 is 19.7 Å². The van der Waals surface area contributed by atoms with Gasteiger partial charge in [0.05, 0.1) is 0 Å². The zero-order valence-corrected chi connectivity index (χ0v) is 13.0. The molecule has 1 saturated heterocycles. The van der Waals surface area contributed by atoms with E-state index in [9.17, 15) is 0 Å². The second-order valence-electron chi connectivity index (χ2n) is 5.22. The Bertz CT molecular complexity index is 208. The van der Waals surface area contributed by atoms with Gasteiger partial charge in [-0.15, -0.1) is 0 Å². The van der Waals surface area contributed by atoms with Gasteiger partial charge in [0.1, 0.15) is 0 Å². The minimum Gasteiger partial charge on any atom is -0.352 e. The zero-order valence-electron chi connectivity index (χ0n) is 13.0. The van der Waals surface area contributed by atoms with Gasteiger partial charge in [-0.2, -0.15) is 0 Å². The standard InChI is InChI=1S/C15H32N2O2/c1-4-10-17-11-7-8-14(9-12-17)16-13-15(18-5-2)19-6-3/h14-16H,4-13H2,1-3H3. The van der Waals surface area contributed by atoms with Crippen LogP contribution in [0.2, 0.25) is 0 Å². The summed E-state index contributed by atoms with van der Waals surface area (Å²) in [4.78, 5) is 2.59. The van der Waals surface area contributed by atoms with Crippen molar-refractivity contribution < 1.29 is 9.47 Å². The van der Waals surface area contributed by atoms with Gasteiger partial charge in [0.2, 0.25) is 0 Å². The second kappa shape index (κ2) is 10.6. The first-order valence-corrected chi connectivity index (χ1v) is 7.99. The Hall–Kier alpha value is -0.160. The molecule has 19 heavy (non-hydrogen) atoms. The molecule has 1 aliphatic heterocycles. The van der Waals surface area contributed by atoms with Crippen LogP contribution in [0.25, 0.3) is 0 Å². The van der Waals surface area contributed by atoms with E-state index in [0.717, 1.165) is 6.54 Å². The molecule has 1 fully saturated rings. The zero-order chi connectivity index (χ0) is 13.9. The highest BCUT2D eigenvalue weighted by Gasteiger charge is 2.17. The van der Waals surface area contributed by atoms with E-state index in [0.29, 0.717) is 19.3 Å². The summed E-state index contributed by atoms with van der Waals surface area (Å²) in [5.74, 6) is 0. The average Bonchev–Trinajstić information content (AvgIpc) is 2.63. The topological polar surface area (TPSA) is 33.7 Å². The van der Waals surface area contributed by atoms with E-state index >= 15 is 0 Å². The maximum atomic E-state index is 5.57. The molecule has 0 aromatic heterocycles. The summed E-state index contributed by atoms with van der Waals surface area (Å²) in [6.45, 7) is 12.2. The molecule has 0 aromatic rings. The summed E-state index contributed by atoms with van der Waals surface area (Å²) >= 11 is 0. The summed E-state index contributed by atoms with van der Waals surface area (Å²) in [6, 6.07) is 0.616. The third kappa shape index (κ3) is 7.25. The molecule has 1 N–H and O–H groups in total. The lowest BCUT2D eigenvalue weighted by Gasteiger charge is -2.22. The summed E-state index contributed by atoms with van der Waals surface area (Å²) in [7, 11) is 0. The van der Waals surface area contributed by atoms with E-state index in [2.05, 4.69) is 17.1 Å². The molecule has 4 heteroatoms. The molecular formula is C15H32N2O2. The third-order valence-corrected chi connectivity index (χ3v) is 3.64. The molecule has 114 valence electrons. The molecule has 4 nitrogen and oxygen atoms in total. The predicted molar refractivity (Wildman–Crippen MR) is 79.4 cm³/mol. The maximum absolute atomic E-state index is 5.57. The number of ether oxygens (including phenoxy) is 2. The quantitative estimate of drug-likeness (QED) is 0.653. The first kappa shape index (κ1) is 16.9. The lowest BCUT2D eigenvalue weighted by Crippen LogP contribution is -2.38. The summed E-state index contributed by atoms with van der Waals surface area (Å²) < 4.78 is 11.1. The van der Waals surface area contributed by atoms with Crippen molar-refractivity contribution in [1.29, 1.82) is 0 Å². The molecule has 1 heterocycles. The highest BCUT2D eigenvalue weighted by molar-refractivity contribution is 4.75. The van der Waals surface area contributed by atoms with Crippen LogP contribution in [-0.4, -0.2) is 56.6 Å². The lowest BCUT2D eigenvalue weighted by molar-refractivity contribution is -0.133. The molecule has 1 unspecified atom stereocenters. The van der Waals surface area contributed by atoms with Crippen LogP contribution in [0.15, 0.2) is 0 Å². The largest absolute Gasteiger partial charge is 0.352 e. The van der Waals surface area contributed by atoms with Crippen molar-refractivity contribution in [3.8, 4) is 0 Å². The molecule has 0 spiro atoms. The van der Waals surface area contributed by atoms with Gasteiger partial charge in [0, 0.05) is 25.8 Å². The SMILES string of the molecule is CCCN1CCCC(NCC(OCC)OCC)CC1. The Morgan fingerprint density at radius 3 is 2.47 bits per heavy atom. The van der Waals surface area contributed by atoms with Crippen molar-refractivity contribution in [2.24, 2.45) is 0 Å². The van der Waals surface area contributed by atoms with Gasteiger partial charge in [0.15, 0.2) is 6.29 Å². The Morgan fingerprint density at radius 2 is 1.84 bits per heavy atom. The van der Waals surface area contributed by atoms with Crippen molar-refractivity contribution in [3.63, 3.8) is 0 Å². The fourth-order valence-corrected chi connectivity index (χ4v) is 2.70. The average molecular weight is 272 g/mol. The molecule has 0 aliphatic carbocycles. The maximum Gasteiger partial charge on any atom is 0.169 e. The Kier molecular flexibility index (Phi) is 9.43. The van der Waals surface area contributed by atoms with Crippen molar-refractivity contribution in [3.05, 3.63) is 0 Å². The Balaban J connectivity index is 2.24. The van der Waals surface area contributed by atoms with Crippen LogP contribution >= 0.6 is 0 Å². The van der Waals surface area contributed by atoms with E-state index in [1.54, 1.807) is 0 Å². The molecule has 1 atom stereocenters. The normalized spacial score (nSPS) is 21.8. The monoisotopic (exact) mass is 272 g/mol. The molecule has 0 bridgehead atoms. The number of likely N-dealkylation sites (tertiary alicyclic amines) is 1. The van der Waals surface area contributed by atoms with Gasteiger partial charge in [0.25, 0.3) is 0 Å². The highest BCUT2D eigenvalue weighted by atomic mass is 16.7. The van der Waals surface area contributed by atoms with E-state index in [1.165, 1.54) is 45.3 Å². The van der Waals surface area contributed by atoms with Crippen LogP contribution in [0.4, 0.5) is 0 Å². The molecule has 0 amide bonds. The molecular weight excluding hydrogens is 240 g/mol. The number of hydrogen-bond acceptors (Lipinski definition) is 4. The smallest absolute Gasteiger partial charge is 0.169 e. The first-order valence-electron chi connectivity index (χ1n) is 7.99. The number of nitrogens with one attached hydrogen (secondary N) is 1. The van der Waals surface area contributed by atoms with Crippen LogP contribution < -0.4 is 5.32 Å². The minimum absolute atomic E-state index is 0.0926. The molecule has 0 saturated carbocycles. The van der Waals surface area contributed by atoms with Crippen molar-refractivity contribution >= 4 is 0 Å². The summed E-state index contributed by atoms with van der Waals surface area (Å²) in [5.41, 5.74) is 0. The highest BCUT2D eigenvalue weighted by Crippen LogP contribution is 2.11. The van der Waals surface area contributed by atoms with Gasteiger partial charge in [-0.3, -0.25) is 0 Å². The molecule has 0 aromatic carbocycles. The van der Waals surface area contributed by atoms with E-state index in [4.69, 9.17) is 9.47 Å². The summed E-state index contributed by atoms with van der Waals surface area (Å²) in [6.07, 6.45) is 4.97. The number of hydrogen-bond donors (Lipinski definition) is 1. The van der Waals surface area contributed by atoms with Gasteiger partial charge in [-0.05, 0) is 59.2 Å². The first-order chi connectivity index (χ1) is 9.30. The number of rotatable bonds is 9. The minimum atomic E-state index is -0.0926. The van der Waals surface area contributed by atoms with E-state index in [-0.39, 0.29) is 6.29 Å². The van der Waals surface area contributed by atoms with E-state index in [1.807, 2.05) is 13.8 Å². The van der Waals surface area contributed by atoms with Crippen LogP contribution in [0.3, 0.4) is 0 Å². The van der Waals surface area contributed by atoms with Crippen LogP contribution in [0.1, 0.15) is 46.5 Å². The summed E-state index contributed by atoms with van der Waals surface area (Å²) in [5, 5.41) is 3.62. The van der Waals surface area contributed by atoms with Crippen LogP contribution in [-0.2, 0) is 9.47 Å². The predicted octanol–water partition coefficient (Wildman–Crippen LogP) is 2.24. The van der Waals surface area contributed by atoms with Gasteiger partial charge >= 0.3 is 0 Å². The third-order valence-electron chi connectivity index (χ3n) is 3.64.